The van der Waals surface area contributed by atoms with Gasteiger partial charge in [-0.25, -0.2) is 9.97 Å². The lowest BCUT2D eigenvalue weighted by atomic mass is 10.2. The first-order valence-corrected chi connectivity index (χ1v) is 6.91. The number of hydrogen-bond acceptors (Lipinski definition) is 5. The molecule has 3 aromatic rings. The molecule has 2 aromatic carbocycles. The molecule has 0 radical (unpaired) electrons. The fraction of sp³-hybridized carbons (Fsp3) is 0.176. The minimum absolute atomic E-state index is 0. The Morgan fingerprint density at radius 1 is 0.913 bits per heavy atom. The van der Waals surface area contributed by atoms with Crippen LogP contribution in [0, 0.1) is 6.92 Å². The number of anilines is 2. The highest BCUT2D eigenvalue weighted by molar-refractivity contribution is 5.93. The van der Waals surface area contributed by atoms with E-state index in [4.69, 9.17) is 9.47 Å². The molecule has 0 aliphatic rings. The molecule has 0 atom stereocenters. The van der Waals surface area contributed by atoms with Crippen molar-refractivity contribution in [3.63, 3.8) is 0 Å². The summed E-state index contributed by atoms with van der Waals surface area (Å²) in [5.41, 5.74) is 2.98. The number of rotatable bonds is 4. The molecular weight excluding hydrogens is 314 g/mol. The summed E-state index contributed by atoms with van der Waals surface area (Å²) in [7, 11) is 3.22. The molecule has 0 bridgehead atoms. The van der Waals surface area contributed by atoms with Gasteiger partial charge in [0.15, 0.2) is 11.5 Å². The second kappa shape index (κ2) is 7.15. The Morgan fingerprint density at radius 3 is 2.22 bits per heavy atom. The molecule has 1 heterocycles. The van der Waals surface area contributed by atoms with Crippen molar-refractivity contribution >= 4 is 34.8 Å². The Bertz CT molecular complexity index is 807. The molecule has 0 saturated carbocycles. The zero-order valence-corrected chi connectivity index (χ0v) is 14.0. The first-order valence-electron chi connectivity index (χ1n) is 6.91. The number of nitrogens with one attached hydrogen (secondary N) is 1. The summed E-state index contributed by atoms with van der Waals surface area (Å²) in [6.07, 6.45) is 1.53. The van der Waals surface area contributed by atoms with E-state index < -0.39 is 0 Å². The lowest BCUT2D eigenvalue weighted by Crippen LogP contribution is -1.98. The molecule has 0 unspecified atom stereocenters. The first kappa shape index (κ1) is 16.8. The third-order valence-electron chi connectivity index (χ3n) is 3.45. The highest BCUT2D eigenvalue weighted by Crippen LogP contribution is 2.34. The molecule has 1 aromatic heterocycles. The van der Waals surface area contributed by atoms with Gasteiger partial charge in [0, 0.05) is 17.1 Å². The summed E-state index contributed by atoms with van der Waals surface area (Å²) in [4.78, 5) is 8.63. The van der Waals surface area contributed by atoms with Crippen LogP contribution in [0.1, 0.15) is 5.56 Å². The van der Waals surface area contributed by atoms with E-state index in [1.807, 2.05) is 24.3 Å². The summed E-state index contributed by atoms with van der Waals surface area (Å²) in [5, 5.41) is 4.19. The average molecular weight is 332 g/mol. The maximum Gasteiger partial charge on any atom is 0.162 e. The maximum atomic E-state index is 5.36. The van der Waals surface area contributed by atoms with Crippen LogP contribution in [-0.4, -0.2) is 24.2 Å². The van der Waals surface area contributed by atoms with Crippen LogP contribution in [0.2, 0.25) is 0 Å². The summed E-state index contributed by atoms with van der Waals surface area (Å²) in [6.45, 7) is 2.06. The van der Waals surface area contributed by atoms with Gasteiger partial charge in [-0.2, -0.15) is 0 Å². The minimum atomic E-state index is 0. The Hall–Kier alpha value is -2.53. The van der Waals surface area contributed by atoms with Crippen LogP contribution in [0.25, 0.3) is 10.9 Å². The SMILES string of the molecule is COc1cc2ncnc(Nc3ccc(C)cc3)c2cc1OC.Cl. The Labute approximate surface area is 141 Å². The normalized spacial score (nSPS) is 10.0. The standard InChI is InChI=1S/C17H17N3O2.ClH/c1-11-4-6-12(7-5-11)20-17-13-8-15(21-2)16(22-3)9-14(13)18-10-19-17;/h4-10H,1-3H3,(H,18,19,20);1H. The van der Waals surface area contributed by atoms with E-state index in [0.29, 0.717) is 11.5 Å². The topological polar surface area (TPSA) is 56.3 Å². The van der Waals surface area contributed by atoms with E-state index in [9.17, 15) is 0 Å². The predicted octanol–water partition coefficient (Wildman–Crippen LogP) is 4.12. The van der Waals surface area contributed by atoms with Crippen LogP contribution < -0.4 is 14.8 Å². The van der Waals surface area contributed by atoms with Gasteiger partial charge in [0.05, 0.1) is 19.7 Å². The van der Waals surface area contributed by atoms with Crippen molar-refractivity contribution < 1.29 is 9.47 Å². The predicted molar refractivity (Wildman–Crippen MR) is 94.4 cm³/mol. The lowest BCUT2D eigenvalue weighted by Gasteiger charge is -2.12. The fourth-order valence-corrected chi connectivity index (χ4v) is 2.26. The minimum Gasteiger partial charge on any atom is -0.493 e. The van der Waals surface area contributed by atoms with E-state index in [-0.39, 0.29) is 12.4 Å². The number of hydrogen-bond donors (Lipinski definition) is 1. The van der Waals surface area contributed by atoms with Gasteiger partial charge in [-0.3, -0.25) is 0 Å². The number of nitrogens with zero attached hydrogens (tertiary/aromatic N) is 2. The number of aromatic nitrogens is 2. The van der Waals surface area contributed by atoms with Crippen LogP contribution in [0.5, 0.6) is 11.5 Å². The number of methoxy groups -OCH3 is 2. The van der Waals surface area contributed by atoms with Gasteiger partial charge in [-0.15, -0.1) is 12.4 Å². The summed E-state index contributed by atoms with van der Waals surface area (Å²) in [5.74, 6) is 2.03. The third kappa shape index (κ3) is 3.46. The smallest absolute Gasteiger partial charge is 0.162 e. The maximum absolute atomic E-state index is 5.36. The number of fused-ring (bicyclic) bond motifs is 1. The Morgan fingerprint density at radius 2 is 1.57 bits per heavy atom. The number of ether oxygens (including phenoxy) is 2. The second-order valence-electron chi connectivity index (χ2n) is 4.94. The van der Waals surface area contributed by atoms with Gasteiger partial charge in [0.2, 0.25) is 0 Å². The zero-order valence-electron chi connectivity index (χ0n) is 13.2. The molecule has 0 fully saturated rings. The molecule has 5 nitrogen and oxygen atoms in total. The molecule has 3 rings (SSSR count). The highest BCUT2D eigenvalue weighted by Gasteiger charge is 2.10. The third-order valence-corrected chi connectivity index (χ3v) is 3.45. The lowest BCUT2D eigenvalue weighted by molar-refractivity contribution is 0.356. The molecule has 120 valence electrons. The monoisotopic (exact) mass is 331 g/mol. The van der Waals surface area contributed by atoms with Gasteiger partial charge in [-0.05, 0) is 25.1 Å². The average Bonchev–Trinajstić information content (AvgIpc) is 2.56. The number of halogens is 1. The van der Waals surface area contributed by atoms with Crippen molar-refractivity contribution in [3.8, 4) is 11.5 Å². The largest absolute Gasteiger partial charge is 0.493 e. The van der Waals surface area contributed by atoms with Gasteiger partial charge < -0.3 is 14.8 Å². The summed E-state index contributed by atoms with van der Waals surface area (Å²) in [6, 6.07) is 11.9. The van der Waals surface area contributed by atoms with Crippen LogP contribution in [-0.2, 0) is 0 Å². The van der Waals surface area contributed by atoms with E-state index >= 15 is 0 Å². The molecule has 6 heteroatoms. The Balaban J connectivity index is 0.00000192. The van der Waals surface area contributed by atoms with Gasteiger partial charge in [0.1, 0.15) is 12.1 Å². The number of aryl methyl sites for hydroxylation is 1. The summed E-state index contributed by atoms with van der Waals surface area (Å²) < 4.78 is 10.7. The molecule has 23 heavy (non-hydrogen) atoms. The van der Waals surface area contributed by atoms with Crippen molar-refractivity contribution in [1.29, 1.82) is 0 Å². The van der Waals surface area contributed by atoms with Crippen molar-refractivity contribution in [2.45, 2.75) is 6.92 Å². The van der Waals surface area contributed by atoms with Crippen LogP contribution in [0.4, 0.5) is 11.5 Å². The van der Waals surface area contributed by atoms with Crippen molar-refractivity contribution in [2.24, 2.45) is 0 Å². The number of benzene rings is 2. The van der Waals surface area contributed by atoms with Gasteiger partial charge in [0.25, 0.3) is 0 Å². The quantitative estimate of drug-likeness (QED) is 0.779. The van der Waals surface area contributed by atoms with E-state index in [1.54, 1.807) is 14.2 Å². The zero-order chi connectivity index (χ0) is 15.5. The molecule has 0 aliphatic heterocycles. The molecule has 0 spiro atoms. The van der Waals surface area contributed by atoms with E-state index in [0.717, 1.165) is 22.4 Å². The highest BCUT2D eigenvalue weighted by atomic mass is 35.5. The molecule has 1 N–H and O–H groups in total. The van der Waals surface area contributed by atoms with Crippen LogP contribution in [0.15, 0.2) is 42.7 Å². The van der Waals surface area contributed by atoms with Crippen LogP contribution >= 0.6 is 12.4 Å². The molecular formula is C17H18ClN3O2. The second-order valence-corrected chi connectivity index (χ2v) is 4.94. The van der Waals surface area contributed by atoms with E-state index in [1.165, 1.54) is 11.9 Å². The van der Waals surface area contributed by atoms with Crippen molar-refractivity contribution in [1.82, 2.24) is 9.97 Å². The van der Waals surface area contributed by atoms with Gasteiger partial charge >= 0.3 is 0 Å². The molecule has 0 aliphatic carbocycles. The summed E-state index contributed by atoms with van der Waals surface area (Å²) >= 11 is 0. The van der Waals surface area contributed by atoms with Crippen LogP contribution in [0.3, 0.4) is 0 Å². The fourth-order valence-electron chi connectivity index (χ4n) is 2.26. The first-order chi connectivity index (χ1) is 10.7. The van der Waals surface area contributed by atoms with E-state index in [2.05, 4.69) is 34.3 Å². The molecule has 0 amide bonds. The Kier molecular flexibility index (Phi) is 5.24. The van der Waals surface area contributed by atoms with Gasteiger partial charge in [-0.1, -0.05) is 17.7 Å². The molecule has 0 saturated heterocycles. The van der Waals surface area contributed by atoms with Crippen molar-refractivity contribution in [3.05, 3.63) is 48.3 Å². The van der Waals surface area contributed by atoms with Crippen molar-refractivity contribution in [2.75, 3.05) is 19.5 Å².